The summed E-state index contributed by atoms with van der Waals surface area (Å²) in [6.07, 6.45) is -0.790. The standard InChI is InChI=1S/C22H26N2O3/c1-13-8-16(4)18-10-20(24-19(18)9-13)22(26)23-11-17(25)12-27-21-14(2)6-5-7-15(21)3/h5-10,17,24-25H,11-12H2,1-4H3,(H,23,26). The van der Waals surface area contributed by atoms with Crippen molar-refractivity contribution in [1.82, 2.24) is 10.3 Å². The zero-order valence-corrected chi connectivity index (χ0v) is 16.2. The van der Waals surface area contributed by atoms with Crippen molar-refractivity contribution in [1.29, 1.82) is 0 Å². The number of aromatic amines is 1. The van der Waals surface area contributed by atoms with Gasteiger partial charge in [-0.3, -0.25) is 4.79 Å². The van der Waals surface area contributed by atoms with Gasteiger partial charge in [-0.05, 0) is 62.1 Å². The van der Waals surface area contributed by atoms with E-state index in [1.165, 1.54) is 0 Å². The molecule has 1 heterocycles. The number of benzene rings is 2. The quantitative estimate of drug-likeness (QED) is 0.624. The van der Waals surface area contributed by atoms with E-state index in [2.05, 4.69) is 16.4 Å². The third-order valence-corrected chi connectivity index (χ3v) is 4.66. The second-order valence-corrected chi connectivity index (χ2v) is 7.12. The molecule has 3 rings (SSSR count). The van der Waals surface area contributed by atoms with Crippen molar-refractivity contribution in [3.63, 3.8) is 0 Å². The SMILES string of the molecule is Cc1cc(C)c2cc(C(=O)NCC(O)COc3c(C)cccc3C)[nH]c2c1. The van der Waals surface area contributed by atoms with E-state index in [0.717, 1.165) is 38.9 Å². The molecule has 0 spiro atoms. The lowest BCUT2D eigenvalue weighted by atomic mass is 10.1. The van der Waals surface area contributed by atoms with Gasteiger partial charge in [-0.15, -0.1) is 0 Å². The molecule has 0 aliphatic carbocycles. The first-order chi connectivity index (χ1) is 12.8. The number of H-pyrrole nitrogens is 1. The highest BCUT2D eigenvalue weighted by molar-refractivity contribution is 5.99. The summed E-state index contributed by atoms with van der Waals surface area (Å²) < 4.78 is 5.74. The number of aliphatic hydroxyl groups excluding tert-OH is 1. The molecule has 1 aromatic heterocycles. The van der Waals surface area contributed by atoms with Gasteiger partial charge in [-0.2, -0.15) is 0 Å². The van der Waals surface area contributed by atoms with E-state index in [9.17, 15) is 9.90 Å². The van der Waals surface area contributed by atoms with Gasteiger partial charge in [-0.1, -0.05) is 24.3 Å². The third kappa shape index (κ3) is 4.31. The minimum Gasteiger partial charge on any atom is -0.490 e. The van der Waals surface area contributed by atoms with Crippen LogP contribution in [0.5, 0.6) is 5.75 Å². The smallest absolute Gasteiger partial charge is 0.267 e. The summed E-state index contributed by atoms with van der Waals surface area (Å²) in [7, 11) is 0. The van der Waals surface area contributed by atoms with Crippen LogP contribution in [0.4, 0.5) is 0 Å². The lowest BCUT2D eigenvalue weighted by Gasteiger charge is -2.16. The molecule has 1 atom stereocenters. The molecular weight excluding hydrogens is 340 g/mol. The Hall–Kier alpha value is -2.79. The summed E-state index contributed by atoms with van der Waals surface area (Å²) in [4.78, 5) is 15.6. The number of carbonyl (C=O) groups excluding carboxylic acids is 1. The number of nitrogens with one attached hydrogen (secondary N) is 2. The maximum absolute atomic E-state index is 12.4. The van der Waals surface area contributed by atoms with Crippen molar-refractivity contribution in [2.75, 3.05) is 13.2 Å². The molecule has 1 amide bonds. The molecule has 3 N–H and O–H groups in total. The molecule has 5 heteroatoms. The maximum Gasteiger partial charge on any atom is 0.267 e. The molecule has 2 aromatic carbocycles. The maximum atomic E-state index is 12.4. The topological polar surface area (TPSA) is 74.3 Å². The number of carbonyl (C=O) groups is 1. The zero-order chi connectivity index (χ0) is 19.6. The number of aromatic nitrogens is 1. The first-order valence-corrected chi connectivity index (χ1v) is 9.10. The number of rotatable bonds is 6. The Labute approximate surface area is 159 Å². The number of ether oxygens (including phenoxy) is 1. The van der Waals surface area contributed by atoms with Crippen LogP contribution in [0, 0.1) is 27.7 Å². The van der Waals surface area contributed by atoms with Crippen LogP contribution in [0.3, 0.4) is 0 Å². The molecule has 1 unspecified atom stereocenters. The van der Waals surface area contributed by atoms with Crippen molar-refractivity contribution in [2.24, 2.45) is 0 Å². The van der Waals surface area contributed by atoms with Gasteiger partial charge in [0.25, 0.3) is 5.91 Å². The molecule has 3 aromatic rings. The van der Waals surface area contributed by atoms with Crippen LogP contribution in [-0.2, 0) is 0 Å². The van der Waals surface area contributed by atoms with Gasteiger partial charge in [0.15, 0.2) is 0 Å². The normalized spacial score (nSPS) is 12.2. The van der Waals surface area contributed by atoms with E-state index in [0.29, 0.717) is 5.69 Å². The summed E-state index contributed by atoms with van der Waals surface area (Å²) in [5, 5.41) is 13.9. The molecule has 0 aliphatic heterocycles. The predicted octanol–water partition coefficient (Wildman–Crippen LogP) is 3.57. The summed E-state index contributed by atoms with van der Waals surface area (Å²) in [6, 6.07) is 11.9. The van der Waals surface area contributed by atoms with Crippen molar-refractivity contribution >= 4 is 16.8 Å². The largest absolute Gasteiger partial charge is 0.490 e. The summed E-state index contributed by atoms with van der Waals surface area (Å²) >= 11 is 0. The number of aryl methyl sites for hydroxylation is 4. The summed E-state index contributed by atoms with van der Waals surface area (Å²) in [5.74, 6) is 0.540. The Morgan fingerprint density at radius 1 is 1.11 bits per heavy atom. The molecular formula is C22H26N2O3. The van der Waals surface area contributed by atoms with Gasteiger partial charge < -0.3 is 20.1 Å². The van der Waals surface area contributed by atoms with Crippen LogP contribution < -0.4 is 10.1 Å². The second kappa shape index (κ2) is 7.84. The molecule has 5 nitrogen and oxygen atoms in total. The molecule has 0 aliphatic rings. The zero-order valence-electron chi connectivity index (χ0n) is 16.2. The molecule has 0 fully saturated rings. The van der Waals surface area contributed by atoms with E-state index < -0.39 is 6.10 Å². The van der Waals surface area contributed by atoms with Crippen molar-refractivity contribution in [2.45, 2.75) is 33.8 Å². The molecule has 27 heavy (non-hydrogen) atoms. The molecule has 0 saturated heterocycles. The fraction of sp³-hybridized carbons (Fsp3) is 0.318. The lowest BCUT2D eigenvalue weighted by molar-refractivity contribution is 0.0838. The van der Waals surface area contributed by atoms with E-state index in [1.807, 2.05) is 58.0 Å². The Balaban J connectivity index is 1.58. The van der Waals surface area contributed by atoms with Gasteiger partial charge in [-0.25, -0.2) is 0 Å². The van der Waals surface area contributed by atoms with Gasteiger partial charge in [0, 0.05) is 17.4 Å². The molecule has 0 saturated carbocycles. The van der Waals surface area contributed by atoms with Crippen LogP contribution in [0.1, 0.15) is 32.7 Å². The number of fused-ring (bicyclic) bond motifs is 1. The highest BCUT2D eigenvalue weighted by Gasteiger charge is 2.14. The van der Waals surface area contributed by atoms with Crippen LogP contribution >= 0.6 is 0 Å². The fourth-order valence-corrected chi connectivity index (χ4v) is 3.29. The average Bonchev–Trinajstić information content (AvgIpc) is 3.03. The van der Waals surface area contributed by atoms with Crippen molar-refractivity contribution in [3.05, 3.63) is 64.3 Å². The lowest BCUT2D eigenvalue weighted by Crippen LogP contribution is -2.35. The summed E-state index contributed by atoms with van der Waals surface area (Å²) in [5.41, 5.74) is 5.75. The minimum absolute atomic E-state index is 0.122. The van der Waals surface area contributed by atoms with Gasteiger partial charge in [0.05, 0.1) is 0 Å². The van der Waals surface area contributed by atoms with Crippen LogP contribution in [0.15, 0.2) is 36.4 Å². The van der Waals surface area contributed by atoms with E-state index in [1.54, 1.807) is 0 Å². The molecule has 142 valence electrons. The Bertz CT molecular complexity index is 955. The second-order valence-electron chi connectivity index (χ2n) is 7.12. The monoisotopic (exact) mass is 366 g/mol. The van der Waals surface area contributed by atoms with Crippen molar-refractivity contribution in [3.8, 4) is 5.75 Å². The van der Waals surface area contributed by atoms with Gasteiger partial charge >= 0.3 is 0 Å². The summed E-state index contributed by atoms with van der Waals surface area (Å²) in [6.45, 7) is 8.24. The van der Waals surface area contributed by atoms with Crippen LogP contribution in [-0.4, -0.2) is 35.3 Å². The van der Waals surface area contributed by atoms with Crippen LogP contribution in [0.25, 0.3) is 10.9 Å². The van der Waals surface area contributed by atoms with E-state index in [4.69, 9.17) is 4.74 Å². The number of amides is 1. The number of para-hydroxylation sites is 1. The highest BCUT2D eigenvalue weighted by atomic mass is 16.5. The Morgan fingerprint density at radius 2 is 1.81 bits per heavy atom. The van der Waals surface area contributed by atoms with Crippen molar-refractivity contribution < 1.29 is 14.6 Å². The van der Waals surface area contributed by atoms with E-state index in [-0.39, 0.29) is 19.1 Å². The van der Waals surface area contributed by atoms with Crippen LogP contribution in [0.2, 0.25) is 0 Å². The molecule has 0 bridgehead atoms. The Morgan fingerprint density at radius 3 is 2.52 bits per heavy atom. The highest BCUT2D eigenvalue weighted by Crippen LogP contribution is 2.23. The number of hydrogen-bond acceptors (Lipinski definition) is 3. The minimum atomic E-state index is -0.790. The first kappa shape index (κ1) is 19.0. The number of hydrogen-bond donors (Lipinski definition) is 3. The fourth-order valence-electron chi connectivity index (χ4n) is 3.29. The third-order valence-electron chi connectivity index (χ3n) is 4.66. The Kier molecular flexibility index (Phi) is 5.51. The first-order valence-electron chi connectivity index (χ1n) is 9.10. The average molecular weight is 366 g/mol. The van der Waals surface area contributed by atoms with E-state index >= 15 is 0 Å². The molecule has 0 radical (unpaired) electrons. The predicted molar refractivity (Wildman–Crippen MR) is 108 cm³/mol. The van der Waals surface area contributed by atoms with Gasteiger partial charge in [0.1, 0.15) is 24.2 Å². The number of aliphatic hydroxyl groups is 1. The van der Waals surface area contributed by atoms with Gasteiger partial charge in [0.2, 0.25) is 0 Å².